The van der Waals surface area contributed by atoms with Gasteiger partial charge in [-0.15, -0.1) is 0 Å². The van der Waals surface area contributed by atoms with Crippen molar-refractivity contribution in [1.29, 1.82) is 0 Å². The highest BCUT2D eigenvalue weighted by Crippen LogP contribution is 2.21. The molecule has 22 heavy (non-hydrogen) atoms. The molecule has 0 saturated heterocycles. The molecule has 126 valence electrons. The fraction of sp³-hybridized carbons (Fsp3) is 0.611. The Bertz CT molecular complexity index is 450. The number of para-hydroxylation sites is 1. The molecular formula is C18H30ClNO2. The molecule has 1 N–H and O–H groups in total. The van der Waals surface area contributed by atoms with Crippen molar-refractivity contribution in [3.8, 4) is 5.75 Å². The van der Waals surface area contributed by atoms with Crippen molar-refractivity contribution in [1.82, 2.24) is 0 Å². The third kappa shape index (κ3) is 5.98. The molecule has 0 aliphatic carbocycles. The van der Waals surface area contributed by atoms with Gasteiger partial charge in [0.25, 0.3) is 0 Å². The monoisotopic (exact) mass is 327 g/mol. The molecule has 0 atom stereocenters. The highest BCUT2D eigenvalue weighted by atomic mass is 35.5. The highest BCUT2D eigenvalue weighted by molar-refractivity contribution is 5.99. The Morgan fingerprint density at radius 2 is 1.59 bits per heavy atom. The lowest BCUT2D eigenvalue weighted by atomic mass is 10.0. The topological polar surface area (TPSA) is 30.7 Å². The average molecular weight is 328 g/mol. The fourth-order valence-electron chi connectivity index (χ4n) is 2.63. The summed E-state index contributed by atoms with van der Waals surface area (Å²) in [4.78, 5) is 13.7. The van der Waals surface area contributed by atoms with E-state index in [-0.39, 0.29) is 24.1 Å². The molecule has 1 rings (SSSR count). The van der Waals surface area contributed by atoms with Gasteiger partial charge in [0.05, 0.1) is 17.6 Å². The maximum atomic E-state index is 12.2. The van der Waals surface area contributed by atoms with Crippen molar-refractivity contribution in [2.45, 2.75) is 53.6 Å². The number of hydrogen-bond donors (Lipinski definition) is 1. The summed E-state index contributed by atoms with van der Waals surface area (Å²) in [5.74, 6) is 0.841. The molecule has 0 radical (unpaired) electrons. The number of carbonyl (C=O) groups is 1. The number of nitrogens with one attached hydrogen (secondary N) is 1. The molecule has 0 aromatic heterocycles. The number of ketones is 1. The Morgan fingerprint density at radius 3 is 2.09 bits per heavy atom. The zero-order chi connectivity index (χ0) is 16.0. The van der Waals surface area contributed by atoms with Crippen LogP contribution >= 0.6 is 0 Å². The van der Waals surface area contributed by atoms with Gasteiger partial charge in [0, 0.05) is 5.92 Å². The van der Waals surface area contributed by atoms with Crippen LogP contribution in [0.3, 0.4) is 0 Å². The lowest BCUT2D eigenvalue weighted by Gasteiger charge is -2.27. The number of carbonyl (C=O) groups excluding carboxylic acids is 1. The van der Waals surface area contributed by atoms with Gasteiger partial charge in [0.2, 0.25) is 0 Å². The maximum Gasteiger partial charge on any atom is 0.169 e. The summed E-state index contributed by atoms with van der Waals surface area (Å²) in [7, 11) is 0. The van der Waals surface area contributed by atoms with Crippen molar-refractivity contribution in [3.63, 3.8) is 0 Å². The predicted octanol–water partition coefficient (Wildman–Crippen LogP) is -0.390. The van der Waals surface area contributed by atoms with Gasteiger partial charge in [0.15, 0.2) is 5.78 Å². The van der Waals surface area contributed by atoms with E-state index >= 15 is 0 Å². The molecule has 0 heterocycles. The number of benzene rings is 1. The summed E-state index contributed by atoms with van der Waals surface area (Å²) in [5.41, 5.74) is 0.697. The molecule has 0 spiro atoms. The van der Waals surface area contributed by atoms with Crippen LogP contribution in [0.25, 0.3) is 0 Å². The molecule has 1 aromatic rings. The normalized spacial score (nSPS) is 11.2. The first-order valence-corrected chi connectivity index (χ1v) is 7.96. The molecule has 0 amide bonds. The molecule has 4 heteroatoms. The Balaban J connectivity index is 0.00000441. The third-order valence-electron chi connectivity index (χ3n) is 3.81. The Morgan fingerprint density at radius 1 is 1.05 bits per heavy atom. The van der Waals surface area contributed by atoms with Crippen LogP contribution in [0, 0.1) is 5.92 Å². The zero-order valence-electron chi connectivity index (χ0n) is 14.7. The smallest absolute Gasteiger partial charge is 0.169 e. The van der Waals surface area contributed by atoms with Gasteiger partial charge in [-0.1, -0.05) is 26.0 Å². The number of hydrogen-bond acceptors (Lipinski definition) is 2. The van der Waals surface area contributed by atoms with Crippen LogP contribution in [0.1, 0.15) is 51.9 Å². The molecule has 0 aliphatic heterocycles. The second-order valence-electron chi connectivity index (χ2n) is 6.50. The lowest BCUT2D eigenvalue weighted by molar-refractivity contribution is -0.942. The largest absolute Gasteiger partial charge is 1.00 e. The van der Waals surface area contributed by atoms with Crippen LogP contribution in [0.5, 0.6) is 5.75 Å². The summed E-state index contributed by atoms with van der Waals surface area (Å²) >= 11 is 0. The van der Waals surface area contributed by atoms with E-state index in [4.69, 9.17) is 4.74 Å². The Hall–Kier alpha value is -1.06. The minimum absolute atomic E-state index is 0. The van der Waals surface area contributed by atoms with E-state index in [2.05, 4.69) is 27.7 Å². The van der Waals surface area contributed by atoms with Crippen LogP contribution in [0.15, 0.2) is 24.3 Å². The van der Waals surface area contributed by atoms with Crippen LogP contribution in [-0.4, -0.2) is 31.0 Å². The summed E-state index contributed by atoms with van der Waals surface area (Å²) in [5, 5.41) is 0. The summed E-state index contributed by atoms with van der Waals surface area (Å²) < 4.78 is 5.90. The molecule has 0 aliphatic rings. The van der Waals surface area contributed by atoms with Crippen LogP contribution in [0.4, 0.5) is 0 Å². The lowest BCUT2D eigenvalue weighted by Crippen LogP contribution is -3.18. The van der Waals surface area contributed by atoms with E-state index in [1.165, 1.54) is 4.90 Å². The third-order valence-corrected chi connectivity index (χ3v) is 3.81. The molecule has 1 aromatic carbocycles. The first-order chi connectivity index (χ1) is 9.84. The number of quaternary nitrogens is 1. The van der Waals surface area contributed by atoms with Crippen molar-refractivity contribution < 1.29 is 26.8 Å². The number of ether oxygens (including phenoxy) is 1. The van der Waals surface area contributed by atoms with E-state index in [1.54, 1.807) is 0 Å². The van der Waals surface area contributed by atoms with Crippen LogP contribution in [0.2, 0.25) is 0 Å². The molecule has 0 unspecified atom stereocenters. The van der Waals surface area contributed by atoms with Crippen LogP contribution in [-0.2, 0) is 0 Å². The van der Waals surface area contributed by atoms with Gasteiger partial charge in [-0.3, -0.25) is 4.79 Å². The quantitative estimate of drug-likeness (QED) is 0.659. The average Bonchev–Trinajstić information content (AvgIpc) is 2.42. The van der Waals surface area contributed by atoms with E-state index in [1.807, 2.05) is 38.1 Å². The SMILES string of the molecule is CC(C)C(=O)c1ccccc1OCC[NH+](C(C)C)C(C)C.[Cl-]. The van der Waals surface area contributed by atoms with Gasteiger partial charge in [-0.05, 0) is 39.8 Å². The van der Waals surface area contributed by atoms with Gasteiger partial charge >= 0.3 is 0 Å². The fourth-order valence-corrected chi connectivity index (χ4v) is 2.63. The molecule has 0 saturated carbocycles. The molecule has 3 nitrogen and oxygen atoms in total. The van der Waals surface area contributed by atoms with Gasteiger partial charge in [0.1, 0.15) is 18.9 Å². The molecule has 0 bridgehead atoms. The van der Waals surface area contributed by atoms with E-state index in [9.17, 15) is 4.79 Å². The number of halogens is 1. The second-order valence-corrected chi connectivity index (χ2v) is 6.50. The first-order valence-electron chi connectivity index (χ1n) is 7.96. The van der Waals surface area contributed by atoms with Crippen LogP contribution < -0.4 is 22.0 Å². The van der Waals surface area contributed by atoms with E-state index < -0.39 is 0 Å². The Labute approximate surface area is 141 Å². The van der Waals surface area contributed by atoms with E-state index in [0.717, 1.165) is 6.54 Å². The number of Topliss-reactive ketones (excluding diaryl/α,β-unsaturated/α-hetero) is 1. The van der Waals surface area contributed by atoms with Crippen molar-refractivity contribution in [2.24, 2.45) is 5.92 Å². The zero-order valence-corrected chi connectivity index (χ0v) is 15.4. The van der Waals surface area contributed by atoms with Crippen molar-refractivity contribution in [2.75, 3.05) is 13.2 Å². The minimum atomic E-state index is -0.0109. The van der Waals surface area contributed by atoms with Gasteiger partial charge in [-0.2, -0.15) is 0 Å². The number of rotatable bonds is 8. The summed E-state index contributed by atoms with van der Waals surface area (Å²) in [6.45, 7) is 14.3. The second kappa shape index (κ2) is 9.86. The van der Waals surface area contributed by atoms with Gasteiger partial charge in [-0.25, -0.2) is 0 Å². The van der Waals surface area contributed by atoms with Gasteiger partial charge < -0.3 is 22.0 Å². The molecular weight excluding hydrogens is 298 g/mol. The highest BCUT2D eigenvalue weighted by Gasteiger charge is 2.18. The van der Waals surface area contributed by atoms with E-state index in [0.29, 0.717) is 30.0 Å². The Kier molecular flexibility index (Phi) is 9.38. The maximum absolute atomic E-state index is 12.2. The van der Waals surface area contributed by atoms with Crippen molar-refractivity contribution >= 4 is 5.78 Å². The first kappa shape index (κ1) is 20.9. The minimum Gasteiger partial charge on any atom is -1.00 e. The summed E-state index contributed by atoms with van der Waals surface area (Å²) in [6.07, 6.45) is 0. The standard InChI is InChI=1S/C18H29NO2.ClH/c1-13(2)18(20)16-9-7-8-10-17(16)21-12-11-19(14(3)4)15(5)6;/h7-10,13-15H,11-12H2,1-6H3;1H. The predicted molar refractivity (Wildman–Crippen MR) is 87.2 cm³/mol. The van der Waals surface area contributed by atoms with Crippen molar-refractivity contribution in [3.05, 3.63) is 29.8 Å². The molecule has 0 fully saturated rings. The summed E-state index contributed by atoms with van der Waals surface area (Å²) in [6, 6.07) is 8.69.